The molecule has 0 spiro atoms. The van der Waals surface area contributed by atoms with Crippen molar-refractivity contribution in [2.24, 2.45) is 0 Å². The summed E-state index contributed by atoms with van der Waals surface area (Å²) in [7, 11) is 0. The van der Waals surface area contributed by atoms with Crippen LogP contribution in [0.5, 0.6) is 0 Å². The Morgan fingerprint density at radius 3 is 2.50 bits per heavy atom. The topological polar surface area (TPSA) is 40.6 Å². The second-order valence-corrected chi connectivity index (χ2v) is 5.72. The Balaban J connectivity index is 1.91. The molecule has 22 heavy (non-hydrogen) atoms. The van der Waals surface area contributed by atoms with E-state index < -0.39 is 0 Å². The molecule has 0 saturated carbocycles. The van der Waals surface area contributed by atoms with Gasteiger partial charge in [-0.05, 0) is 37.3 Å². The minimum absolute atomic E-state index is 0.0107. The Morgan fingerprint density at radius 1 is 1.18 bits per heavy atom. The normalized spacial score (nSPS) is 14.7. The summed E-state index contributed by atoms with van der Waals surface area (Å²) in [6.07, 6.45) is 3.63. The fourth-order valence-electron chi connectivity index (χ4n) is 2.71. The van der Waals surface area contributed by atoms with Gasteiger partial charge in [-0.15, -0.1) is 0 Å². The first-order valence-corrected chi connectivity index (χ1v) is 7.84. The van der Waals surface area contributed by atoms with E-state index in [0.717, 1.165) is 32.4 Å². The fourth-order valence-corrected chi connectivity index (χ4v) is 2.71. The van der Waals surface area contributed by atoms with E-state index in [1.54, 1.807) is 18.2 Å². The molecule has 0 radical (unpaired) electrons. The highest BCUT2D eigenvalue weighted by atomic mass is 19.1. The Bertz CT molecular complexity index is 527. The van der Waals surface area contributed by atoms with Crippen LogP contribution >= 0.6 is 0 Å². The molecular weight excluding hydrogens is 283 g/mol. The van der Waals surface area contributed by atoms with Crippen LogP contribution < -0.4 is 0 Å². The lowest BCUT2D eigenvalue weighted by atomic mass is 10.1. The molecule has 5 heteroatoms. The van der Waals surface area contributed by atoms with Crippen molar-refractivity contribution >= 4 is 11.8 Å². The molecule has 0 aromatic heterocycles. The average molecular weight is 306 g/mol. The van der Waals surface area contributed by atoms with Gasteiger partial charge in [-0.25, -0.2) is 4.39 Å². The van der Waals surface area contributed by atoms with Crippen molar-refractivity contribution in [2.45, 2.75) is 32.6 Å². The van der Waals surface area contributed by atoms with Crippen molar-refractivity contribution in [3.05, 3.63) is 35.6 Å². The van der Waals surface area contributed by atoms with Gasteiger partial charge >= 0.3 is 0 Å². The van der Waals surface area contributed by atoms with Crippen molar-refractivity contribution in [3.8, 4) is 0 Å². The van der Waals surface area contributed by atoms with Gasteiger partial charge in [0.15, 0.2) is 0 Å². The number of piperidine rings is 1. The Labute approximate surface area is 130 Å². The molecule has 120 valence electrons. The quantitative estimate of drug-likeness (QED) is 0.837. The molecule has 2 rings (SSSR count). The lowest BCUT2D eigenvalue weighted by Crippen LogP contribution is -2.44. The molecule has 0 aliphatic carbocycles. The number of benzene rings is 1. The zero-order valence-corrected chi connectivity index (χ0v) is 13.1. The number of rotatable bonds is 5. The van der Waals surface area contributed by atoms with Crippen molar-refractivity contribution in [2.75, 3.05) is 26.2 Å². The lowest BCUT2D eigenvalue weighted by Gasteiger charge is -2.29. The Kier molecular flexibility index (Phi) is 5.92. The maximum atomic E-state index is 13.6. The molecule has 0 bridgehead atoms. The molecule has 1 aliphatic rings. The molecule has 2 amide bonds. The maximum absolute atomic E-state index is 13.6. The monoisotopic (exact) mass is 306 g/mol. The van der Waals surface area contributed by atoms with Crippen molar-refractivity contribution in [3.63, 3.8) is 0 Å². The first kappa shape index (κ1) is 16.5. The molecule has 0 N–H and O–H groups in total. The van der Waals surface area contributed by atoms with Crippen LogP contribution in [0.15, 0.2) is 24.3 Å². The van der Waals surface area contributed by atoms with Gasteiger partial charge in [0.2, 0.25) is 11.8 Å². The highest BCUT2D eigenvalue weighted by Gasteiger charge is 2.20. The minimum Gasteiger partial charge on any atom is -0.341 e. The van der Waals surface area contributed by atoms with Crippen LogP contribution in [-0.2, 0) is 16.0 Å². The van der Waals surface area contributed by atoms with E-state index >= 15 is 0 Å². The Hall–Kier alpha value is -1.91. The molecule has 1 aliphatic heterocycles. The van der Waals surface area contributed by atoms with E-state index in [9.17, 15) is 14.0 Å². The lowest BCUT2D eigenvalue weighted by molar-refractivity contribution is -0.140. The van der Waals surface area contributed by atoms with Crippen LogP contribution in [0.25, 0.3) is 0 Å². The molecule has 0 unspecified atom stereocenters. The zero-order valence-electron chi connectivity index (χ0n) is 13.1. The summed E-state index contributed by atoms with van der Waals surface area (Å²) in [5.41, 5.74) is 0.569. The maximum Gasteiger partial charge on any atom is 0.242 e. The SMILES string of the molecule is CC(=O)N(CCc1ccccc1F)CC(=O)N1CCCCC1. The summed E-state index contributed by atoms with van der Waals surface area (Å²) < 4.78 is 13.6. The minimum atomic E-state index is -0.270. The second kappa shape index (κ2) is 7.92. The summed E-state index contributed by atoms with van der Waals surface area (Å²) in [6.45, 7) is 3.44. The van der Waals surface area contributed by atoms with Crippen molar-refractivity contribution in [1.82, 2.24) is 9.80 Å². The highest BCUT2D eigenvalue weighted by Crippen LogP contribution is 2.11. The predicted molar refractivity (Wildman–Crippen MR) is 82.8 cm³/mol. The van der Waals surface area contributed by atoms with Crippen LogP contribution in [0.3, 0.4) is 0 Å². The molecule has 1 saturated heterocycles. The van der Waals surface area contributed by atoms with E-state index in [4.69, 9.17) is 0 Å². The van der Waals surface area contributed by atoms with Gasteiger partial charge in [0.1, 0.15) is 5.82 Å². The van der Waals surface area contributed by atoms with E-state index in [2.05, 4.69) is 0 Å². The summed E-state index contributed by atoms with van der Waals surface area (Å²) in [5, 5.41) is 0. The van der Waals surface area contributed by atoms with Gasteiger partial charge in [-0.2, -0.15) is 0 Å². The molecule has 1 aromatic carbocycles. The van der Waals surface area contributed by atoms with Gasteiger partial charge in [0, 0.05) is 26.6 Å². The van der Waals surface area contributed by atoms with Gasteiger partial charge in [-0.3, -0.25) is 9.59 Å². The molecule has 1 fully saturated rings. The van der Waals surface area contributed by atoms with Gasteiger partial charge in [0.05, 0.1) is 6.54 Å². The summed E-state index contributed by atoms with van der Waals surface area (Å²) >= 11 is 0. The summed E-state index contributed by atoms with van der Waals surface area (Å²) in [6, 6.07) is 6.53. The standard InChI is InChI=1S/C17H23FN2O2/c1-14(21)20(12-9-15-7-3-4-8-16(15)18)13-17(22)19-10-5-2-6-11-19/h3-4,7-8H,2,5-6,9-13H2,1H3. The highest BCUT2D eigenvalue weighted by molar-refractivity contribution is 5.83. The first-order valence-electron chi connectivity index (χ1n) is 7.84. The van der Waals surface area contributed by atoms with Crippen molar-refractivity contribution < 1.29 is 14.0 Å². The zero-order chi connectivity index (χ0) is 15.9. The third-order valence-electron chi connectivity index (χ3n) is 4.09. The number of hydrogen-bond donors (Lipinski definition) is 0. The van der Waals surface area contributed by atoms with Gasteiger partial charge in [-0.1, -0.05) is 18.2 Å². The van der Waals surface area contributed by atoms with Crippen LogP contribution in [0, 0.1) is 5.82 Å². The average Bonchev–Trinajstić information content (AvgIpc) is 2.53. The number of likely N-dealkylation sites (tertiary alicyclic amines) is 1. The molecule has 1 aromatic rings. The number of carbonyl (C=O) groups is 2. The molecule has 4 nitrogen and oxygen atoms in total. The predicted octanol–water partition coefficient (Wildman–Crippen LogP) is 2.23. The summed E-state index contributed by atoms with van der Waals surface area (Å²) in [5.74, 6) is -0.432. The van der Waals surface area contributed by atoms with Crippen LogP contribution in [0.4, 0.5) is 4.39 Å². The van der Waals surface area contributed by atoms with Crippen LogP contribution in [0.2, 0.25) is 0 Å². The van der Waals surface area contributed by atoms with E-state index in [1.165, 1.54) is 17.9 Å². The van der Waals surface area contributed by atoms with E-state index in [-0.39, 0.29) is 24.2 Å². The molecular formula is C17H23FN2O2. The number of nitrogens with zero attached hydrogens (tertiary/aromatic N) is 2. The van der Waals surface area contributed by atoms with Gasteiger partial charge < -0.3 is 9.80 Å². The Morgan fingerprint density at radius 2 is 1.86 bits per heavy atom. The fraction of sp³-hybridized carbons (Fsp3) is 0.529. The largest absolute Gasteiger partial charge is 0.341 e. The smallest absolute Gasteiger partial charge is 0.242 e. The number of carbonyl (C=O) groups excluding carboxylic acids is 2. The van der Waals surface area contributed by atoms with Crippen LogP contribution in [0.1, 0.15) is 31.7 Å². The molecule has 0 atom stereocenters. The number of hydrogen-bond acceptors (Lipinski definition) is 2. The second-order valence-electron chi connectivity index (χ2n) is 5.72. The first-order chi connectivity index (χ1) is 10.6. The molecule has 1 heterocycles. The summed E-state index contributed by atoms with van der Waals surface area (Å²) in [4.78, 5) is 27.3. The third kappa shape index (κ3) is 4.55. The third-order valence-corrected chi connectivity index (χ3v) is 4.09. The van der Waals surface area contributed by atoms with Crippen molar-refractivity contribution in [1.29, 1.82) is 0 Å². The van der Waals surface area contributed by atoms with Gasteiger partial charge in [0.25, 0.3) is 0 Å². The van der Waals surface area contributed by atoms with E-state index in [1.807, 2.05) is 4.90 Å². The van der Waals surface area contributed by atoms with E-state index in [0.29, 0.717) is 18.5 Å². The number of amides is 2. The van der Waals surface area contributed by atoms with Crippen LogP contribution in [-0.4, -0.2) is 47.8 Å². The number of halogens is 1.